The number of nitrogens with one attached hydrogen (secondary N) is 1. The largest absolute Gasteiger partial charge is 0.449 e. The first-order chi connectivity index (χ1) is 20.9. The van der Waals surface area contributed by atoms with Gasteiger partial charge in [-0.1, -0.05) is 72.8 Å². The molecule has 0 fully saturated rings. The van der Waals surface area contributed by atoms with Gasteiger partial charge in [0.15, 0.2) is 6.61 Å². The minimum atomic E-state index is -4.73. The van der Waals surface area contributed by atoms with Gasteiger partial charge in [0.05, 0.1) is 0 Å². The second kappa shape index (κ2) is 16.3. The third-order valence-corrected chi connectivity index (χ3v) is 6.56. The van der Waals surface area contributed by atoms with Crippen LogP contribution in [-0.2, 0) is 40.5 Å². The molecule has 10 heteroatoms. The van der Waals surface area contributed by atoms with Crippen LogP contribution in [0, 0.1) is 25.5 Å². The van der Waals surface area contributed by atoms with Gasteiger partial charge in [-0.2, -0.15) is 13.2 Å². The molecule has 4 rings (SSSR count). The predicted octanol–water partition coefficient (Wildman–Crippen LogP) is 7.19. The molecule has 0 heterocycles. The highest BCUT2D eigenvalue weighted by molar-refractivity contribution is 6.32. The van der Waals surface area contributed by atoms with Crippen molar-refractivity contribution in [3.63, 3.8) is 0 Å². The van der Waals surface area contributed by atoms with Crippen LogP contribution in [0.15, 0.2) is 97.1 Å². The van der Waals surface area contributed by atoms with Crippen LogP contribution in [0.4, 0.5) is 22.0 Å². The summed E-state index contributed by atoms with van der Waals surface area (Å²) >= 11 is 0. The van der Waals surface area contributed by atoms with Gasteiger partial charge >= 0.3 is 18.1 Å². The fraction of sp³-hybridized carbons (Fsp3) is 0.235. The number of carbonyl (C=O) groups excluding carboxylic acids is 2. The summed E-state index contributed by atoms with van der Waals surface area (Å²) in [6, 6.07) is 27.2. The van der Waals surface area contributed by atoms with Gasteiger partial charge in [-0.05, 0) is 71.5 Å². The van der Waals surface area contributed by atoms with Gasteiger partial charge in [-0.3, -0.25) is 4.79 Å². The molecule has 0 aromatic heterocycles. The van der Waals surface area contributed by atoms with Crippen LogP contribution in [-0.4, -0.2) is 29.6 Å². The minimum absolute atomic E-state index is 0.00992. The molecular weight excluding hydrogens is 579 g/mol. The number of carbonyl (C=O) groups is 2. The number of nitrogens with zero attached hydrogens (tertiary/aromatic N) is 1. The third-order valence-electron chi connectivity index (χ3n) is 6.56. The first-order valence-corrected chi connectivity index (χ1v) is 13.7. The summed E-state index contributed by atoms with van der Waals surface area (Å²) in [6.07, 6.45) is -4.73. The van der Waals surface area contributed by atoms with Gasteiger partial charge < -0.3 is 15.0 Å². The number of hydrogen-bond acceptors (Lipinski definition) is 4. The van der Waals surface area contributed by atoms with E-state index in [0.717, 1.165) is 34.7 Å². The molecule has 1 N–H and O–H groups in total. The van der Waals surface area contributed by atoms with Gasteiger partial charge in [0.25, 0.3) is 0 Å². The molecule has 44 heavy (non-hydrogen) atoms. The van der Waals surface area contributed by atoms with E-state index in [4.69, 9.17) is 0 Å². The highest BCUT2D eigenvalue weighted by Crippen LogP contribution is 2.17. The van der Waals surface area contributed by atoms with Crippen molar-refractivity contribution in [3.05, 3.63) is 142 Å². The highest BCUT2D eigenvalue weighted by atomic mass is 19.4. The molecule has 0 radical (unpaired) electrons. The lowest BCUT2D eigenvalue weighted by atomic mass is 10.1. The molecule has 5 nitrogen and oxygen atoms in total. The second-order valence-electron chi connectivity index (χ2n) is 10.1. The lowest BCUT2D eigenvalue weighted by Gasteiger charge is -2.23. The summed E-state index contributed by atoms with van der Waals surface area (Å²) in [6.45, 7) is 3.57. The number of aryl methyl sites for hydroxylation is 2. The Hall–Kier alpha value is -4.57. The molecule has 0 bridgehead atoms. The zero-order valence-electron chi connectivity index (χ0n) is 24.3. The Kier molecular flexibility index (Phi) is 12.6. The maximum Gasteiger partial charge on any atom is 0.422 e. The summed E-state index contributed by atoms with van der Waals surface area (Å²) in [5.74, 6) is -3.46. The fourth-order valence-corrected chi connectivity index (χ4v) is 4.09. The normalized spacial score (nSPS) is 10.9. The van der Waals surface area contributed by atoms with Crippen molar-refractivity contribution in [2.24, 2.45) is 0 Å². The van der Waals surface area contributed by atoms with Crippen LogP contribution < -0.4 is 5.32 Å². The molecule has 4 aromatic carbocycles. The van der Waals surface area contributed by atoms with Crippen molar-refractivity contribution >= 4 is 11.9 Å². The quantitative estimate of drug-likeness (QED) is 0.124. The predicted molar refractivity (Wildman–Crippen MR) is 157 cm³/mol. The van der Waals surface area contributed by atoms with Crippen LogP contribution >= 0.6 is 0 Å². The van der Waals surface area contributed by atoms with Crippen LogP contribution in [0.5, 0.6) is 0 Å². The van der Waals surface area contributed by atoms with E-state index in [9.17, 15) is 31.5 Å². The first-order valence-electron chi connectivity index (χ1n) is 13.7. The van der Waals surface area contributed by atoms with E-state index >= 15 is 0 Å². The van der Waals surface area contributed by atoms with Crippen molar-refractivity contribution in [1.82, 2.24) is 10.2 Å². The van der Waals surface area contributed by atoms with Crippen LogP contribution in [0.2, 0.25) is 0 Å². The third kappa shape index (κ3) is 11.6. The zero-order chi connectivity index (χ0) is 32.1. The molecule has 0 aliphatic heterocycles. The first kappa shape index (κ1) is 33.9. The van der Waals surface area contributed by atoms with Crippen molar-refractivity contribution in [2.45, 2.75) is 46.2 Å². The Bertz CT molecular complexity index is 1510. The monoisotopic (exact) mass is 612 g/mol. The zero-order valence-corrected chi connectivity index (χ0v) is 24.3. The number of benzene rings is 4. The van der Waals surface area contributed by atoms with Gasteiger partial charge in [-0.25, -0.2) is 13.6 Å². The number of rotatable bonds is 9. The highest BCUT2D eigenvalue weighted by Gasteiger charge is 2.32. The van der Waals surface area contributed by atoms with Gasteiger partial charge in [0, 0.05) is 26.2 Å². The number of halogens is 5. The van der Waals surface area contributed by atoms with Crippen molar-refractivity contribution in [1.29, 1.82) is 0 Å². The standard InChI is InChI=1S/C19H17F4NO3.C15H16FN/c1-13-4-2-3-5-15(13)11-24(10-14-6-8-16(20)9-7-14)17(25)18(26)27-12-19(21,22)23;1-12-4-2-3-5-14(12)11-17-10-13-6-8-15(16)9-7-13/h2-9H,10-12H2,1H3;2-9,17H,10-11H2,1H3. The number of esters is 1. The molecule has 1 amide bonds. The summed E-state index contributed by atoms with van der Waals surface area (Å²) < 4.78 is 66.5. The van der Waals surface area contributed by atoms with Crippen LogP contribution in [0.3, 0.4) is 0 Å². The topological polar surface area (TPSA) is 58.6 Å². The summed E-state index contributed by atoms with van der Waals surface area (Å²) in [5.41, 5.74) is 5.77. The van der Waals surface area contributed by atoms with E-state index in [1.165, 1.54) is 47.5 Å². The molecular formula is C34H33F5N2O3. The van der Waals surface area contributed by atoms with E-state index in [1.807, 2.05) is 12.1 Å². The summed E-state index contributed by atoms with van der Waals surface area (Å²) in [4.78, 5) is 25.2. The Labute approximate surface area is 253 Å². The smallest absolute Gasteiger partial charge is 0.422 e. The van der Waals surface area contributed by atoms with E-state index in [0.29, 0.717) is 5.56 Å². The number of hydrogen-bond donors (Lipinski definition) is 1. The molecule has 0 spiro atoms. The number of amides is 1. The Balaban J connectivity index is 0.000000266. The molecule has 4 aromatic rings. The van der Waals surface area contributed by atoms with E-state index in [-0.39, 0.29) is 18.9 Å². The lowest BCUT2D eigenvalue weighted by Crippen LogP contribution is -2.38. The molecule has 0 unspecified atom stereocenters. The molecule has 232 valence electrons. The number of ether oxygens (including phenoxy) is 1. The molecule has 0 atom stereocenters. The maximum atomic E-state index is 13.1. The van der Waals surface area contributed by atoms with E-state index in [2.05, 4.69) is 29.1 Å². The van der Waals surface area contributed by atoms with Crippen molar-refractivity contribution < 1.29 is 36.3 Å². The van der Waals surface area contributed by atoms with Crippen LogP contribution in [0.25, 0.3) is 0 Å². The lowest BCUT2D eigenvalue weighted by molar-refractivity contribution is -0.189. The molecule has 0 saturated carbocycles. The minimum Gasteiger partial charge on any atom is -0.449 e. The maximum absolute atomic E-state index is 13.1. The average Bonchev–Trinajstić information content (AvgIpc) is 2.99. The SMILES string of the molecule is Cc1ccccc1CN(Cc1ccc(F)cc1)C(=O)C(=O)OCC(F)(F)F.Cc1ccccc1CNCc1ccc(F)cc1. The second-order valence-corrected chi connectivity index (χ2v) is 10.1. The Morgan fingerprint density at radius 3 is 1.70 bits per heavy atom. The molecule has 0 aliphatic rings. The molecule has 0 aliphatic carbocycles. The summed E-state index contributed by atoms with van der Waals surface area (Å²) in [7, 11) is 0. The summed E-state index contributed by atoms with van der Waals surface area (Å²) in [5, 5.41) is 3.36. The number of alkyl halides is 3. The average molecular weight is 613 g/mol. The van der Waals surface area contributed by atoms with Gasteiger partial charge in [0.2, 0.25) is 0 Å². The van der Waals surface area contributed by atoms with Gasteiger partial charge in [0.1, 0.15) is 11.6 Å². The van der Waals surface area contributed by atoms with Crippen molar-refractivity contribution in [2.75, 3.05) is 6.61 Å². The van der Waals surface area contributed by atoms with Crippen LogP contribution in [0.1, 0.15) is 33.4 Å². The van der Waals surface area contributed by atoms with Crippen molar-refractivity contribution in [3.8, 4) is 0 Å². The van der Waals surface area contributed by atoms with Gasteiger partial charge in [-0.15, -0.1) is 0 Å². The Morgan fingerprint density at radius 1 is 0.682 bits per heavy atom. The van der Waals surface area contributed by atoms with E-state index < -0.39 is 30.5 Å². The fourth-order valence-electron chi connectivity index (χ4n) is 4.09. The Morgan fingerprint density at radius 2 is 1.18 bits per heavy atom. The molecule has 0 saturated heterocycles. The van der Waals surface area contributed by atoms with E-state index in [1.54, 1.807) is 43.3 Å².